The van der Waals surface area contributed by atoms with Crippen LogP contribution in [0.25, 0.3) is 0 Å². The van der Waals surface area contributed by atoms with Crippen molar-refractivity contribution in [3.8, 4) is 5.75 Å². The van der Waals surface area contributed by atoms with Gasteiger partial charge in [-0.15, -0.1) is 0 Å². The molecule has 2 N–H and O–H groups in total. The third-order valence-corrected chi connectivity index (χ3v) is 4.92. The smallest absolute Gasteiger partial charge is 0.387 e. The molecule has 6 heteroatoms. The van der Waals surface area contributed by atoms with E-state index in [-0.39, 0.29) is 24.2 Å². The predicted octanol–water partition coefficient (Wildman–Crippen LogP) is 5.22. The maximum absolute atomic E-state index is 12.5. The van der Waals surface area contributed by atoms with Crippen molar-refractivity contribution in [2.75, 3.05) is 11.9 Å². The summed E-state index contributed by atoms with van der Waals surface area (Å²) in [5.74, 6) is -0.0736. The number of anilines is 1. The zero-order chi connectivity index (χ0) is 21.5. The van der Waals surface area contributed by atoms with Gasteiger partial charge < -0.3 is 10.1 Å². The second kappa shape index (κ2) is 9.98. The number of amides is 1. The van der Waals surface area contributed by atoms with Crippen molar-refractivity contribution in [1.82, 2.24) is 5.32 Å². The summed E-state index contributed by atoms with van der Waals surface area (Å²) in [6, 6.07) is 21.5. The average molecular weight is 410 g/mol. The van der Waals surface area contributed by atoms with E-state index in [0.717, 1.165) is 27.9 Å². The van der Waals surface area contributed by atoms with Crippen molar-refractivity contribution >= 4 is 11.6 Å². The highest BCUT2D eigenvalue weighted by Gasteiger charge is 2.16. The molecule has 0 aliphatic carbocycles. The van der Waals surface area contributed by atoms with Crippen molar-refractivity contribution in [3.63, 3.8) is 0 Å². The molecule has 3 aromatic rings. The molecule has 0 saturated carbocycles. The van der Waals surface area contributed by atoms with Crippen LogP contribution in [0.2, 0.25) is 0 Å². The van der Waals surface area contributed by atoms with E-state index in [1.807, 2.05) is 62.4 Å². The lowest BCUT2D eigenvalue weighted by Gasteiger charge is -2.20. The second-order valence-electron chi connectivity index (χ2n) is 6.97. The molecule has 3 aromatic carbocycles. The number of carbonyl (C=O) groups excluding carboxylic acids is 1. The molecule has 3 rings (SSSR count). The minimum absolute atomic E-state index is 0.0855. The van der Waals surface area contributed by atoms with Crippen molar-refractivity contribution < 1.29 is 18.3 Å². The van der Waals surface area contributed by atoms with Crippen LogP contribution in [-0.2, 0) is 4.79 Å². The van der Waals surface area contributed by atoms with Crippen LogP contribution in [0.1, 0.15) is 28.3 Å². The number of rotatable bonds is 8. The Hall–Kier alpha value is -3.25. The Labute approximate surface area is 174 Å². The quantitative estimate of drug-likeness (QED) is 0.535. The van der Waals surface area contributed by atoms with E-state index in [4.69, 9.17) is 0 Å². The summed E-state index contributed by atoms with van der Waals surface area (Å²) < 4.78 is 29.2. The molecule has 0 spiro atoms. The third kappa shape index (κ3) is 5.64. The van der Waals surface area contributed by atoms with Crippen molar-refractivity contribution in [3.05, 3.63) is 95.1 Å². The third-order valence-electron chi connectivity index (χ3n) is 4.92. The van der Waals surface area contributed by atoms with Gasteiger partial charge in [0.15, 0.2) is 0 Å². The van der Waals surface area contributed by atoms with Crippen LogP contribution in [0.4, 0.5) is 14.5 Å². The molecule has 30 heavy (non-hydrogen) atoms. The van der Waals surface area contributed by atoms with E-state index in [2.05, 4.69) is 15.4 Å². The molecule has 0 aromatic heterocycles. The van der Waals surface area contributed by atoms with E-state index in [1.54, 1.807) is 12.1 Å². The number of hydrogen-bond acceptors (Lipinski definition) is 3. The van der Waals surface area contributed by atoms with E-state index in [0.29, 0.717) is 0 Å². The molecular weight excluding hydrogens is 386 g/mol. The summed E-state index contributed by atoms with van der Waals surface area (Å²) in [4.78, 5) is 12.5. The summed E-state index contributed by atoms with van der Waals surface area (Å²) in [6.45, 7) is 1.18. The van der Waals surface area contributed by atoms with Gasteiger partial charge in [-0.1, -0.05) is 54.6 Å². The van der Waals surface area contributed by atoms with Gasteiger partial charge in [0.05, 0.1) is 12.6 Å². The first-order valence-electron chi connectivity index (χ1n) is 9.63. The van der Waals surface area contributed by atoms with Gasteiger partial charge in [-0.2, -0.15) is 8.78 Å². The molecule has 1 amide bonds. The lowest BCUT2D eigenvalue weighted by Crippen LogP contribution is -2.32. The van der Waals surface area contributed by atoms with Crippen LogP contribution in [0, 0.1) is 13.8 Å². The Kier molecular flexibility index (Phi) is 7.14. The van der Waals surface area contributed by atoms with E-state index in [9.17, 15) is 13.6 Å². The number of aryl methyl sites for hydroxylation is 1. The van der Waals surface area contributed by atoms with Crippen LogP contribution in [0.5, 0.6) is 5.75 Å². The van der Waals surface area contributed by atoms with Gasteiger partial charge in [-0.3, -0.25) is 10.1 Å². The molecule has 0 heterocycles. The average Bonchev–Trinajstić information content (AvgIpc) is 2.73. The number of benzene rings is 3. The first kappa shape index (κ1) is 21.5. The lowest BCUT2D eigenvalue weighted by molar-refractivity contribution is -0.115. The number of alkyl halides is 2. The zero-order valence-corrected chi connectivity index (χ0v) is 16.9. The zero-order valence-electron chi connectivity index (χ0n) is 16.9. The van der Waals surface area contributed by atoms with Gasteiger partial charge in [-0.05, 0) is 54.3 Å². The topological polar surface area (TPSA) is 50.4 Å². The molecule has 1 atom stereocenters. The van der Waals surface area contributed by atoms with Gasteiger partial charge in [0.25, 0.3) is 0 Å². The first-order chi connectivity index (χ1) is 14.4. The molecule has 0 bridgehead atoms. The Morgan fingerprint density at radius 3 is 2.23 bits per heavy atom. The van der Waals surface area contributed by atoms with Gasteiger partial charge in [0, 0.05) is 5.69 Å². The number of carbonyl (C=O) groups is 1. The number of nitrogens with one attached hydrogen (secondary N) is 2. The molecule has 0 unspecified atom stereocenters. The van der Waals surface area contributed by atoms with E-state index in [1.165, 1.54) is 12.1 Å². The van der Waals surface area contributed by atoms with Crippen molar-refractivity contribution in [2.45, 2.75) is 26.5 Å². The molecule has 0 saturated heterocycles. The number of halogens is 2. The summed E-state index contributed by atoms with van der Waals surface area (Å²) in [6.07, 6.45) is 0. The summed E-state index contributed by atoms with van der Waals surface area (Å²) >= 11 is 0. The van der Waals surface area contributed by atoms with Crippen LogP contribution in [0.3, 0.4) is 0 Å². The lowest BCUT2D eigenvalue weighted by atomic mass is 9.98. The Balaban J connectivity index is 1.73. The molecule has 0 aliphatic heterocycles. The highest BCUT2D eigenvalue weighted by Crippen LogP contribution is 2.25. The highest BCUT2D eigenvalue weighted by molar-refractivity contribution is 5.93. The SMILES string of the molecule is Cc1cccc(NC(=O)CN[C@@H](c2ccccc2)c2ccc(OC(F)F)cc2)c1C. The van der Waals surface area contributed by atoms with Gasteiger partial charge in [0.2, 0.25) is 5.91 Å². The largest absolute Gasteiger partial charge is 0.435 e. The summed E-state index contributed by atoms with van der Waals surface area (Å²) in [5.41, 5.74) is 4.71. The van der Waals surface area contributed by atoms with Crippen LogP contribution in [-0.4, -0.2) is 19.1 Å². The van der Waals surface area contributed by atoms with E-state index >= 15 is 0 Å². The van der Waals surface area contributed by atoms with Crippen LogP contribution >= 0.6 is 0 Å². The van der Waals surface area contributed by atoms with Crippen LogP contribution < -0.4 is 15.4 Å². The fourth-order valence-electron chi connectivity index (χ4n) is 3.19. The fourth-order valence-corrected chi connectivity index (χ4v) is 3.19. The maximum atomic E-state index is 12.5. The minimum atomic E-state index is -2.87. The van der Waals surface area contributed by atoms with Gasteiger partial charge in [0.1, 0.15) is 5.75 Å². The Morgan fingerprint density at radius 2 is 1.57 bits per heavy atom. The fraction of sp³-hybridized carbons (Fsp3) is 0.208. The molecular formula is C24H24F2N2O2. The predicted molar refractivity (Wildman–Crippen MR) is 114 cm³/mol. The van der Waals surface area contributed by atoms with E-state index < -0.39 is 6.61 Å². The Morgan fingerprint density at radius 1 is 0.900 bits per heavy atom. The molecule has 0 fully saturated rings. The van der Waals surface area contributed by atoms with Crippen LogP contribution in [0.15, 0.2) is 72.8 Å². The van der Waals surface area contributed by atoms with Crippen molar-refractivity contribution in [1.29, 1.82) is 0 Å². The summed E-state index contributed by atoms with van der Waals surface area (Å²) in [5, 5.41) is 6.20. The second-order valence-corrected chi connectivity index (χ2v) is 6.97. The molecule has 156 valence electrons. The first-order valence-corrected chi connectivity index (χ1v) is 9.63. The summed E-state index contributed by atoms with van der Waals surface area (Å²) in [7, 11) is 0. The minimum Gasteiger partial charge on any atom is -0.435 e. The molecule has 0 aliphatic rings. The normalized spacial score (nSPS) is 11.9. The van der Waals surface area contributed by atoms with Gasteiger partial charge >= 0.3 is 6.61 Å². The monoisotopic (exact) mass is 410 g/mol. The standard InChI is InChI=1S/C24H24F2N2O2/c1-16-7-6-10-21(17(16)2)28-22(29)15-27-23(18-8-4-3-5-9-18)19-11-13-20(14-12-19)30-24(25)26/h3-14,23-24,27H,15H2,1-2H3,(H,28,29)/t23-/m0/s1. The van der Waals surface area contributed by atoms with Gasteiger partial charge in [-0.25, -0.2) is 0 Å². The highest BCUT2D eigenvalue weighted by atomic mass is 19.3. The number of ether oxygens (including phenoxy) is 1. The molecule has 0 radical (unpaired) electrons. The van der Waals surface area contributed by atoms with Crippen molar-refractivity contribution in [2.24, 2.45) is 0 Å². The Bertz CT molecular complexity index is 976. The number of hydrogen-bond donors (Lipinski definition) is 2. The molecule has 4 nitrogen and oxygen atoms in total. The maximum Gasteiger partial charge on any atom is 0.387 e.